The maximum atomic E-state index is 8.26. The number of aliphatic hydroxyl groups excluding tert-OH is 1. The average molecular weight is 141 g/mol. The Labute approximate surface area is 57.7 Å². The number of aliphatic imine (C=N–C) groups is 1. The van der Waals surface area contributed by atoms with Crippen molar-refractivity contribution < 1.29 is 5.11 Å². The minimum atomic E-state index is -0.119. The predicted molar refractivity (Wildman–Crippen MR) is 33.3 cm³/mol. The van der Waals surface area contributed by atoms with Crippen molar-refractivity contribution in [2.24, 2.45) is 10.1 Å². The van der Waals surface area contributed by atoms with E-state index in [1.807, 2.05) is 0 Å². The average Bonchev–Trinajstić information content (AvgIpc) is 1.98. The molecule has 0 amide bonds. The highest BCUT2D eigenvalue weighted by molar-refractivity contribution is 5.81. The van der Waals surface area contributed by atoms with Gasteiger partial charge in [-0.3, -0.25) is 5.32 Å². The summed E-state index contributed by atoms with van der Waals surface area (Å²) in [5, 5.41) is 21.2. The molecule has 0 spiro atoms. The lowest BCUT2D eigenvalue weighted by Gasteiger charge is -1.91. The number of nitrogens with zero attached hydrogens (tertiary/aromatic N) is 3. The van der Waals surface area contributed by atoms with E-state index in [-0.39, 0.29) is 19.1 Å². The predicted octanol–water partition coefficient (Wildman–Crippen LogP) is -0.564. The first-order valence-electron chi connectivity index (χ1n) is 2.53. The Morgan fingerprint density at radius 2 is 2.50 bits per heavy atom. The Morgan fingerprint density at radius 3 is 2.90 bits per heavy atom. The molecule has 0 aliphatic rings. The second kappa shape index (κ2) is 5.65. The van der Waals surface area contributed by atoms with E-state index in [0.29, 0.717) is 0 Å². The highest BCUT2D eigenvalue weighted by atomic mass is 16.3. The minimum Gasteiger partial charge on any atom is -0.394 e. The molecule has 3 N–H and O–H groups in total. The topological polar surface area (TPSA) is 105 Å². The van der Waals surface area contributed by atoms with Gasteiger partial charge in [-0.05, 0) is 0 Å². The Hall–Kier alpha value is -1.48. The molecule has 0 atom stereocenters. The third-order valence-corrected chi connectivity index (χ3v) is 0.635. The number of nitrogens with one attached hydrogen (secondary N) is 2. The molecule has 54 valence electrons. The minimum absolute atomic E-state index is 0.0865. The van der Waals surface area contributed by atoms with Crippen LogP contribution in [0.5, 0.6) is 0 Å². The zero-order valence-corrected chi connectivity index (χ0v) is 5.20. The molecule has 0 saturated carbocycles. The van der Waals surface area contributed by atoms with Gasteiger partial charge >= 0.3 is 0 Å². The van der Waals surface area contributed by atoms with Gasteiger partial charge in [0, 0.05) is 0 Å². The maximum absolute atomic E-state index is 8.26. The zero-order valence-electron chi connectivity index (χ0n) is 5.20. The molecule has 0 aliphatic carbocycles. The van der Waals surface area contributed by atoms with E-state index < -0.39 is 0 Å². The molecule has 0 aromatic carbocycles. The highest BCUT2D eigenvalue weighted by Crippen LogP contribution is 1.74. The van der Waals surface area contributed by atoms with E-state index in [1.165, 1.54) is 0 Å². The Balaban J connectivity index is 3.81. The first-order chi connectivity index (χ1) is 4.85. The summed E-state index contributed by atoms with van der Waals surface area (Å²) < 4.78 is 0. The number of hydrogen-bond donors (Lipinski definition) is 3. The zero-order chi connectivity index (χ0) is 7.82. The van der Waals surface area contributed by atoms with Gasteiger partial charge in [-0.1, -0.05) is 0 Å². The molecule has 0 aromatic rings. The van der Waals surface area contributed by atoms with Crippen LogP contribution in [-0.4, -0.2) is 24.2 Å². The normalized spacial score (nSPS) is 10.2. The Bertz CT molecular complexity index is 169. The number of rotatable bonds is 2. The van der Waals surface area contributed by atoms with Gasteiger partial charge in [-0.15, -0.1) is 5.11 Å². The fourth-order valence-corrected chi connectivity index (χ4v) is 0.309. The fraction of sp³-hybridized carbons (Fsp3) is 0.500. The Kier molecular flexibility index (Phi) is 4.82. The summed E-state index contributed by atoms with van der Waals surface area (Å²) in [6.07, 6.45) is 1.55. The molecule has 0 fully saturated rings. The van der Waals surface area contributed by atoms with Crippen LogP contribution in [0.1, 0.15) is 0 Å². The van der Waals surface area contributed by atoms with Crippen LogP contribution in [0.2, 0.25) is 0 Å². The monoisotopic (exact) mass is 141 g/mol. The largest absolute Gasteiger partial charge is 0.394 e. The first kappa shape index (κ1) is 8.52. The smallest absolute Gasteiger partial charge is 0.250 e. The summed E-state index contributed by atoms with van der Waals surface area (Å²) in [5.41, 5.74) is 6.44. The third-order valence-electron chi connectivity index (χ3n) is 0.635. The Morgan fingerprint density at radius 1 is 1.80 bits per heavy atom. The van der Waals surface area contributed by atoms with Crippen molar-refractivity contribution in [2.75, 3.05) is 13.2 Å². The van der Waals surface area contributed by atoms with Crippen LogP contribution < -0.4 is 5.32 Å². The van der Waals surface area contributed by atoms with Gasteiger partial charge in [-0.25, -0.2) is 10.5 Å². The van der Waals surface area contributed by atoms with Crippen LogP contribution in [0.4, 0.5) is 0 Å². The van der Waals surface area contributed by atoms with E-state index in [2.05, 4.69) is 15.4 Å². The van der Waals surface area contributed by atoms with Crippen LogP contribution in [-0.2, 0) is 0 Å². The van der Waals surface area contributed by atoms with Crippen LogP contribution in [0.15, 0.2) is 10.1 Å². The standard InChI is InChI=1S/C4H7N5O/c5-3-8-4(9-6)7-1-2-10/h6,10H,1-2H2,(H,7,8). The SMILES string of the molecule is N#CNC(N=N)=NCCO. The molecule has 0 rings (SSSR count). The molecule has 0 unspecified atom stereocenters. The molecule has 6 nitrogen and oxygen atoms in total. The number of nitriles is 1. The van der Waals surface area contributed by atoms with Crippen LogP contribution in [0, 0.1) is 17.0 Å². The fourth-order valence-electron chi connectivity index (χ4n) is 0.309. The van der Waals surface area contributed by atoms with Crippen molar-refractivity contribution in [1.29, 1.82) is 10.8 Å². The molecule has 0 saturated heterocycles. The van der Waals surface area contributed by atoms with Crippen molar-refractivity contribution in [3.05, 3.63) is 0 Å². The van der Waals surface area contributed by atoms with Gasteiger partial charge in [0.15, 0.2) is 6.19 Å². The van der Waals surface area contributed by atoms with E-state index >= 15 is 0 Å². The quantitative estimate of drug-likeness (QED) is 0.158. The lowest BCUT2D eigenvalue weighted by atomic mass is 10.7. The summed E-state index contributed by atoms with van der Waals surface area (Å²) >= 11 is 0. The molecular weight excluding hydrogens is 134 g/mol. The van der Waals surface area contributed by atoms with E-state index in [1.54, 1.807) is 6.19 Å². The first-order valence-corrected chi connectivity index (χ1v) is 2.53. The molecular formula is C4H7N5O. The van der Waals surface area contributed by atoms with E-state index in [4.69, 9.17) is 15.9 Å². The van der Waals surface area contributed by atoms with Crippen LogP contribution in [0.25, 0.3) is 0 Å². The van der Waals surface area contributed by atoms with Gasteiger partial charge in [0.2, 0.25) is 0 Å². The van der Waals surface area contributed by atoms with E-state index in [9.17, 15) is 0 Å². The maximum Gasteiger partial charge on any atom is 0.250 e. The molecule has 0 heterocycles. The van der Waals surface area contributed by atoms with Gasteiger partial charge in [-0.2, -0.15) is 5.26 Å². The second-order valence-corrected chi connectivity index (χ2v) is 1.28. The second-order valence-electron chi connectivity index (χ2n) is 1.28. The molecule has 0 radical (unpaired) electrons. The highest BCUT2D eigenvalue weighted by Gasteiger charge is 1.89. The summed E-state index contributed by atoms with van der Waals surface area (Å²) in [7, 11) is 0. The molecule has 0 aliphatic heterocycles. The summed E-state index contributed by atoms with van der Waals surface area (Å²) in [4.78, 5) is 3.53. The van der Waals surface area contributed by atoms with E-state index in [0.717, 1.165) is 0 Å². The van der Waals surface area contributed by atoms with Crippen LogP contribution in [0.3, 0.4) is 0 Å². The van der Waals surface area contributed by atoms with Gasteiger partial charge in [0.1, 0.15) is 0 Å². The number of guanidine groups is 1. The molecule has 6 heteroatoms. The van der Waals surface area contributed by atoms with Crippen molar-refractivity contribution in [1.82, 2.24) is 5.32 Å². The number of aliphatic hydroxyl groups is 1. The lowest BCUT2D eigenvalue weighted by molar-refractivity contribution is 0.306. The van der Waals surface area contributed by atoms with Gasteiger partial charge in [0.05, 0.1) is 13.2 Å². The summed E-state index contributed by atoms with van der Waals surface area (Å²) in [6, 6.07) is 0. The third kappa shape index (κ3) is 3.51. The van der Waals surface area contributed by atoms with Crippen molar-refractivity contribution in [3.8, 4) is 6.19 Å². The molecule has 10 heavy (non-hydrogen) atoms. The number of hydrogen-bond acceptors (Lipinski definition) is 4. The summed E-state index contributed by atoms with van der Waals surface area (Å²) in [5.74, 6) is -0.0865. The van der Waals surface area contributed by atoms with Gasteiger partial charge in [0.25, 0.3) is 5.96 Å². The molecule has 0 aromatic heterocycles. The van der Waals surface area contributed by atoms with Crippen molar-refractivity contribution >= 4 is 5.96 Å². The lowest BCUT2D eigenvalue weighted by Crippen LogP contribution is -2.15. The summed E-state index contributed by atoms with van der Waals surface area (Å²) in [6.45, 7) is 0.0263. The van der Waals surface area contributed by atoms with Crippen molar-refractivity contribution in [2.45, 2.75) is 0 Å². The van der Waals surface area contributed by atoms with Crippen molar-refractivity contribution in [3.63, 3.8) is 0 Å². The van der Waals surface area contributed by atoms with Gasteiger partial charge < -0.3 is 5.11 Å². The van der Waals surface area contributed by atoms with Crippen LogP contribution >= 0.6 is 0 Å². The molecule has 0 bridgehead atoms.